The maximum absolute atomic E-state index is 12.9. The van der Waals surface area contributed by atoms with E-state index in [1.165, 1.54) is 0 Å². The van der Waals surface area contributed by atoms with Gasteiger partial charge in [0.05, 0.1) is 6.54 Å². The molecule has 0 unspecified atom stereocenters. The van der Waals surface area contributed by atoms with E-state index in [9.17, 15) is 4.79 Å². The van der Waals surface area contributed by atoms with E-state index in [4.69, 9.17) is 0 Å². The highest BCUT2D eigenvalue weighted by molar-refractivity contribution is 5.99. The monoisotopic (exact) mass is 377 g/mol. The first-order valence-corrected chi connectivity index (χ1v) is 9.91. The van der Waals surface area contributed by atoms with E-state index in [1.54, 1.807) is 0 Å². The van der Waals surface area contributed by atoms with Crippen molar-refractivity contribution in [3.63, 3.8) is 0 Å². The standard InChI is InChI=1S/C22H27N5O/c1-4-10-26-16(2)14-19(17(26)3)20(28)15-25-12-8-18(9-13-25)22-24-23-21-7-5-6-11-27(21)22/h4-7,11,14,18H,1,8-10,12-13,15H2,2-3H3. The van der Waals surface area contributed by atoms with E-state index < -0.39 is 0 Å². The van der Waals surface area contributed by atoms with Crippen LogP contribution in [-0.4, -0.2) is 49.5 Å². The molecule has 0 aromatic carbocycles. The van der Waals surface area contributed by atoms with Crippen LogP contribution in [0.3, 0.4) is 0 Å². The molecular formula is C22H27N5O. The molecule has 0 amide bonds. The summed E-state index contributed by atoms with van der Waals surface area (Å²) in [5.74, 6) is 1.63. The first-order valence-electron chi connectivity index (χ1n) is 9.91. The number of aromatic nitrogens is 4. The van der Waals surface area contributed by atoms with E-state index in [-0.39, 0.29) is 5.78 Å². The van der Waals surface area contributed by atoms with Crippen LogP contribution in [-0.2, 0) is 6.54 Å². The minimum atomic E-state index is 0.204. The lowest BCUT2D eigenvalue weighted by Gasteiger charge is -2.30. The van der Waals surface area contributed by atoms with Crippen molar-refractivity contribution in [2.24, 2.45) is 0 Å². The van der Waals surface area contributed by atoms with Gasteiger partial charge in [-0.2, -0.15) is 0 Å². The van der Waals surface area contributed by atoms with Crippen molar-refractivity contribution in [1.29, 1.82) is 0 Å². The van der Waals surface area contributed by atoms with Crippen molar-refractivity contribution in [2.75, 3.05) is 19.6 Å². The van der Waals surface area contributed by atoms with Gasteiger partial charge in [-0.1, -0.05) is 12.1 Å². The highest BCUT2D eigenvalue weighted by Gasteiger charge is 2.26. The lowest BCUT2D eigenvalue weighted by molar-refractivity contribution is 0.0907. The molecule has 1 aliphatic heterocycles. The average Bonchev–Trinajstić information content (AvgIpc) is 3.25. The second-order valence-corrected chi connectivity index (χ2v) is 7.64. The van der Waals surface area contributed by atoms with Crippen LogP contribution in [0.15, 0.2) is 43.1 Å². The maximum atomic E-state index is 12.9. The van der Waals surface area contributed by atoms with E-state index in [1.807, 2.05) is 50.4 Å². The third-order valence-corrected chi connectivity index (χ3v) is 5.85. The molecule has 0 bridgehead atoms. The van der Waals surface area contributed by atoms with Gasteiger partial charge in [0.1, 0.15) is 5.82 Å². The van der Waals surface area contributed by atoms with Gasteiger partial charge in [0.15, 0.2) is 11.4 Å². The fourth-order valence-corrected chi connectivity index (χ4v) is 4.27. The Kier molecular flexibility index (Phi) is 5.13. The lowest BCUT2D eigenvalue weighted by atomic mass is 9.95. The molecule has 3 aromatic heterocycles. The Morgan fingerprint density at radius 3 is 2.79 bits per heavy atom. The molecule has 0 radical (unpaired) electrons. The van der Waals surface area contributed by atoms with Crippen molar-refractivity contribution < 1.29 is 4.79 Å². The number of aryl methyl sites for hydroxylation is 1. The Balaban J connectivity index is 1.40. The number of piperidine rings is 1. The predicted octanol–water partition coefficient (Wildman–Crippen LogP) is 3.40. The summed E-state index contributed by atoms with van der Waals surface area (Å²) < 4.78 is 4.23. The number of pyridine rings is 1. The summed E-state index contributed by atoms with van der Waals surface area (Å²) in [6.45, 7) is 10.9. The van der Waals surface area contributed by atoms with Gasteiger partial charge in [0, 0.05) is 35.6 Å². The van der Waals surface area contributed by atoms with Crippen LogP contribution < -0.4 is 0 Å². The summed E-state index contributed by atoms with van der Waals surface area (Å²) in [4.78, 5) is 15.1. The largest absolute Gasteiger partial charge is 0.345 e. The Morgan fingerprint density at radius 1 is 1.25 bits per heavy atom. The number of rotatable bonds is 6. The SMILES string of the molecule is C=CCn1c(C)cc(C(=O)CN2CCC(c3nnc4ccccn34)CC2)c1C. The first-order chi connectivity index (χ1) is 13.6. The summed E-state index contributed by atoms with van der Waals surface area (Å²) in [5, 5.41) is 8.68. The summed E-state index contributed by atoms with van der Waals surface area (Å²) in [7, 11) is 0. The summed E-state index contributed by atoms with van der Waals surface area (Å²) in [6.07, 6.45) is 5.89. The molecule has 146 valence electrons. The Morgan fingerprint density at radius 2 is 2.04 bits per heavy atom. The highest BCUT2D eigenvalue weighted by atomic mass is 16.1. The van der Waals surface area contributed by atoms with Crippen LogP contribution in [0.25, 0.3) is 5.65 Å². The predicted molar refractivity (Wildman–Crippen MR) is 110 cm³/mol. The van der Waals surface area contributed by atoms with Crippen molar-refractivity contribution in [1.82, 2.24) is 24.1 Å². The number of carbonyl (C=O) groups excluding carboxylic acids is 1. The summed E-state index contributed by atoms with van der Waals surface area (Å²) in [5.41, 5.74) is 3.88. The number of nitrogens with zero attached hydrogens (tertiary/aromatic N) is 5. The fraction of sp³-hybridized carbons (Fsp3) is 0.409. The quantitative estimate of drug-likeness (QED) is 0.488. The highest BCUT2D eigenvalue weighted by Crippen LogP contribution is 2.27. The third kappa shape index (κ3) is 3.40. The minimum absolute atomic E-state index is 0.204. The molecule has 1 fully saturated rings. The molecule has 4 rings (SSSR count). The van der Waals surface area contributed by atoms with E-state index in [0.29, 0.717) is 12.5 Å². The van der Waals surface area contributed by atoms with Gasteiger partial charge in [-0.05, 0) is 58.0 Å². The van der Waals surface area contributed by atoms with Crippen LogP contribution in [0.1, 0.15) is 46.3 Å². The molecule has 4 heterocycles. The first kappa shape index (κ1) is 18.6. The summed E-state index contributed by atoms with van der Waals surface area (Å²) in [6, 6.07) is 7.98. The van der Waals surface area contributed by atoms with Gasteiger partial charge in [0.2, 0.25) is 0 Å². The maximum Gasteiger partial charge on any atom is 0.178 e. The molecule has 0 atom stereocenters. The molecule has 28 heavy (non-hydrogen) atoms. The van der Waals surface area contributed by atoms with Gasteiger partial charge in [0.25, 0.3) is 0 Å². The molecule has 3 aromatic rings. The van der Waals surface area contributed by atoms with Gasteiger partial charge < -0.3 is 4.57 Å². The molecule has 1 aliphatic rings. The topological polar surface area (TPSA) is 55.4 Å². The Bertz CT molecular complexity index is 1010. The second-order valence-electron chi connectivity index (χ2n) is 7.64. The molecule has 1 saturated heterocycles. The molecular weight excluding hydrogens is 350 g/mol. The van der Waals surface area contributed by atoms with Crippen molar-refractivity contribution in [3.8, 4) is 0 Å². The van der Waals surface area contributed by atoms with Gasteiger partial charge in [-0.15, -0.1) is 16.8 Å². The van der Waals surface area contributed by atoms with Gasteiger partial charge >= 0.3 is 0 Å². The number of likely N-dealkylation sites (tertiary alicyclic amines) is 1. The fourth-order valence-electron chi connectivity index (χ4n) is 4.27. The van der Waals surface area contributed by atoms with Crippen LogP contribution >= 0.6 is 0 Å². The number of hydrogen-bond donors (Lipinski definition) is 0. The number of Topliss-reactive ketones (excluding diaryl/α,β-unsaturated/α-hetero) is 1. The molecule has 0 aliphatic carbocycles. The van der Waals surface area contributed by atoms with E-state index in [2.05, 4.69) is 30.6 Å². The van der Waals surface area contributed by atoms with Crippen LogP contribution in [0, 0.1) is 13.8 Å². The summed E-state index contributed by atoms with van der Waals surface area (Å²) >= 11 is 0. The van der Waals surface area contributed by atoms with E-state index >= 15 is 0 Å². The normalized spacial score (nSPS) is 15.9. The number of ketones is 1. The number of hydrogen-bond acceptors (Lipinski definition) is 4. The lowest BCUT2D eigenvalue weighted by Crippen LogP contribution is -2.37. The number of allylic oxidation sites excluding steroid dienone is 1. The Labute approximate surface area is 165 Å². The number of carbonyl (C=O) groups is 1. The molecule has 0 spiro atoms. The minimum Gasteiger partial charge on any atom is -0.345 e. The van der Waals surface area contributed by atoms with Crippen LogP contribution in [0.5, 0.6) is 0 Å². The smallest absolute Gasteiger partial charge is 0.178 e. The van der Waals surface area contributed by atoms with Crippen molar-refractivity contribution in [3.05, 3.63) is 65.9 Å². The zero-order chi connectivity index (χ0) is 19.7. The molecule has 6 heteroatoms. The van der Waals surface area contributed by atoms with Crippen LogP contribution in [0.4, 0.5) is 0 Å². The zero-order valence-corrected chi connectivity index (χ0v) is 16.6. The third-order valence-electron chi connectivity index (χ3n) is 5.85. The van der Waals surface area contributed by atoms with Crippen LogP contribution in [0.2, 0.25) is 0 Å². The number of fused-ring (bicyclic) bond motifs is 1. The molecule has 0 N–H and O–H groups in total. The zero-order valence-electron chi connectivity index (χ0n) is 16.6. The Hall–Kier alpha value is -2.73. The van der Waals surface area contributed by atoms with Crippen molar-refractivity contribution in [2.45, 2.75) is 39.2 Å². The average molecular weight is 377 g/mol. The van der Waals surface area contributed by atoms with Crippen molar-refractivity contribution >= 4 is 11.4 Å². The van der Waals surface area contributed by atoms with E-state index in [0.717, 1.165) is 60.9 Å². The molecule has 6 nitrogen and oxygen atoms in total. The van der Waals surface area contributed by atoms with Gasteiger partial charge in [-0.3, -0.25) is 14.1 Å². The second kappa shape index (κ2) is 7.72. The molecule has 0 saturated carbocycles. The van der Waals surface area contributed by atoms with Gasteiger partial charge in [-0.25, -0.2) is 0 Å².